The normalized spacial score (nSPS) is 14.5. The first-order valence-electron chi connectivity index (χ1n) is 13.5. The van der Waals surface area contributed by atoms with Crippen molar-refractivity contribution in [1.29, 1.82) is 0 Å². The lowest BCUT2D eigenvalue weighted by Gasteiger charge is -2.25. The summed E-state index contributed by atoms with van der Waals surface area (Å²) in [5, 5.41) is 2.97. The van der Waals surface area contributed by atoms with E-state index in [2.05, 4.69) is 11.9 Å². The molecule has 8 nitrogen and oxygen atoms in total. The molecule has 1 N–H and O–H groups in total. The number of hydrogen-bond acceptors (Lipinski definition) is 7. The molecular formula is C33H31N3O5S. The number of hydrogen-bond donors (Lipinski definition) is 1. The van der Waals surface area contributed by atoms with Crippen molar-refractivity contribution in [2.24, 2.45) is 4.99 Å². The summed E-state index contributed by atoms with van der Waals surface area (Å²) >= 11 is 1.27. The number of rotatable bonds is 10. The third kappa shape index (κ3) is 5.91. The molecule has 1 atom stereocenters. The number of methoxy groups -OCH3 is 1. The average molecular weight is 582 g/mol. The highest BCUT2D eigenvalue weighted by molar-refractivity contribution is 7.07. The van der Waals surface area contributed by atoms with Crippen molar-refractivity contribution in [3.8, 4) is 17.2 Å². The van der Waals surface area contributed by atoms with Gasteiger partial charge in [0.05, 0.1) is 35.6 Å². The van der Waals surface area contributed by atoms with Gasteiger partial charge in [-0.25, -0.2) is 4.99 Å². The van der Waals surface area contributed by atoms with Crippen molar-refractivity contribution in [2.45, 2.75) is 19.9 Å². The molecule has 0 radical (unpaired) electrons. The molecule has 0 spiro atoms. The zero-order valence-electron chi connectivity index (χ0n) is 23.6. The number of thiazole rings is 1. The molecule has 2 heterocycles. The van der Waals surface area contributed by atoms with E-state index in [0.717, 1.165) is 11.1 Å². The van der Waals surface area contributed by atoms with Crippen LogP contribution in [-0.2, 0) is 4.79 Å². The first kappa shape index (κ1) is 28.6. The van der Waals surface area contributed by atoms with E-state index in [9.17, 15) is 9.59 Å². The third-order valence-corrected chi connectivity index (χ3v) is 7.61. The number of anilines is 1. The topological polar surface area (TPSA) is 91.2 Å². The van der Waals surface area contributed by atoms with E-state index >= 15 is 0 Å². The molecule has 3 aromatic carbocycles. The number of nitrogens with one attached hydrogen (secondary N) is 1. The van der Waals surface area contributed by atoms with Crippen molar-refractivity contribution in [2.75, 3.05) is 25.6 Å². The zero-order chi connectivity index (χ0) is 29.6. The molecule has 0 fully saturated rings. The smallest absolute Gasteiger partial charge is 0.271 e. The first-order valence-corrected chi connectivity index (χ1v) is 14.3. The van der Waals surface area contributed by atoms with E-state index in [0.29, 0.717) is 56.8 Å². The summed E-state index contributed by atoms with van der Waals surface area (Å²) < 4.78 is 19.0. The van der Waals surface area contributed by atoms with Crippen LogP contribution in [0.2, 0.25) is 0 Å². The highest BCUT2D eigenvalue weighted by Gasteiger charge is 2.32. The maximum Gasteiger partial charge on any atom is 0.271 e. The Kier molecular flexibility index (Phi) is 8.68. The number of para-hydroxylation sites is 1. The van der Waals surface area contributed by atoms with Crippen molar-refractivity contribution in [1.82, 2.24) is 4.57 Å². The minimum atomic E-state index is -0.712. The van der Waals surface area contributed by atoms with E-state index in [-0.39, 0.29) is 11.5 Å². The SMILES string of the molecule is C=CCOc1ccc(/C=c2\sc3n(c2=O)[C@@H](c2cccc(OC)c2)C(C(=O)Nc2ccccc2)=C(C)N=3)cc1OCC. The van der Waals surface area contributed by atoms with Gasteiger partial charge in [0.15, 0.2) is 16.3 Å². The number of carbonyl (C=O) groups excluding carboxylic acids is 1. The Balaban J connectivity index is 1.63. The lowest BCUT2D eigenvalue weighted by Crippen LogP contribution is -2.40. The zero-order valence-corrected chi connectivity index (χ0v) is 24.4. The van der Waals surface area contributed by atoms with Crippen molar-refractivity contribution < 1.29 is 19.0 Å². The minimum absolute atomic E-state index is 0.256. The summed E-state index contributed by atoms with van der Waals surface area (Å²) in [5.74, 6) is 1.46. The Labute approximate surface area is 247 Å². The van der Waals surface area contributed by atoms with E-state index in [1.807, 2.05) is 79.7 Å². The molecule has 1 aromatic heterocycles. The fraction of sp³-hybridized carbons (Fsp3) is 0.182. The first-order chi connectivity index (χ1) is 20.4. The summed E-state index contributed by atoms with van der Waals surface area (Å²) in [5.41, 5.74) is 2.81. The van der Waals surface area contributed by atoms with Gasteiger partial charge in [0.1, 0.15) is 12.4 Å². The van der Waals surface area contributed by atoms with Crippen LogP contribution in [0.15, 0.2) is 107 Å². The Morgan fingerprint density at radius 2 is 1.88 bits per heavy atom. The Hall–Kier alpha value is -4.89. The molecule has 4 aromatic rings. The molecule has 0 bridgehead atoms. The van der Waals surface area contributed by atoms with Crippen LogP contribution in [0.1, 0.15) is 31.0 Å². The van der Waals surface area contributed by atoms with Crippen LogP contribution in [0.5, 0.6) is 17.2 Å². The molecule has 42 heavy (non-hydrogen) atoms. The maximum absolute atomic E-state index is 14.0. The summed E-state index contributed by atoms with van der Waals surface area (Å²) in [6, 6.07) is 21.4. The fourth-order valence-electron chi connectivity index (χ4n) is 4.76. The number of benzene rings is 3. The Morgan fingerprint density at radius 1 is 1.07 bits per heavy atom. The quantitative estimate of drug-likeness (QED) is 0.271. The van der Waals surface area contributed by atoms with Crippen LogP contribution in [0.25, 0.3) is 6.08 Å². The average Bonchev–Trinajstić information content (AvgIpc) is 3.30. The number of carbonyl (C=O) groups is 1. The van der Waals surface area contributed by atoms with E-state index in [1.54, 1.807) is 30.8 Å². The van der Waals surface area contributed by atoms with Crippen LogP contribution < -0.4 is 34.4 Å². The van der Waals surface area contributed by atoms with E-state index in [4.69, 9.17) is 19.2 Å². The Morgan fingerprint density at radius 3 is 2.62 bits per heavy atom. The fourth-order valence-corrected chi connectivity index (χ4v) is 5.81. The molecule has 0 aliphatic carbocycles. The summed E-state index contributed by atoms with van der Waals surface area (Å²) in [6.07, 6.45) is 3.47. The lowest BCUT2D eigenvalue weighted by molar-refractivity contribution is -0.113. The van der Waals surface area contributed by atoms with Gasteiger partial charge in [0, 0.05) is 5.69 Å². The third-order valence-electron chi connectivity index (χ3n) is 6.63. The second-order valence-electron chi connectivity index (χ2n) is 9.42. The number of aromatic nitrogens is 1. The van der Waals surface area contributed by atoms with E-state index in [1.165, 1.54) is 11.3 Å². The van der Waals surface area contributed by atoms with Crippen LogP contribution in [0.4, 0.5) is 5.69 Å². The maximum atomic E-state index is 14.0. The Bertz CT molecular complexity index is 1840. The van der Waals surface area contributed by atoms with E-state index < -0.39 is 6.04 Å². The molecule has 0 unspecified atom stereocenters. The monoisotopic (exact) mass is 581 g/mol. The van der Waals surface area contributed by atoms with Crippen LogP contribution in [-0.4, -0.2) is 30.8 Å². The molecule has 0 saturated heterocycles. The molecular weight excluding hydrogens is 550 g/mol. The number of ether oxygens (including phenoxy) is 3. The largest absolute Gasteiger partial charge is 0.497 e. The highest BCUT2D eigenvalue weighted by Crippen LogP contribution is 2.33. The molecule has 0 saturated carbocycles. The molecule has 214 valence electrons. The van der Waals surface area contributed by atoms with Crippen LogP contribution in [0, 0.1) is 0 Å². The van der Waals surface area contributed by atoms with Gasteiger partial charge in [-0.15, -0.1) is 0 Å². The molecule has 1 aliphatic rings. The van der Waals surface area contributed by atoms with Gasteiger partial charge in [-0.1, -0.05) is 60.4 Å². The van der Waals surface area contributed by atoms with Gasteiger partial charge in [-0.3, -0.25) is 14.2 Å². The standard InChI is InChI=1S/C33H31N3O5S/c1-5-17-41-26-16-15-22(18-27(26)40-6-2)19-28-32(38)36-30(23-11-10-14-25(20-23)39-4)29(21(3)34-33(36)42-28)31(37)35-24-12-8-7-9-13-24/h5,7-16,18-20,30H,1,6,17H2,2-4H3,(H,35,37)/b28-19-/t30-/m0/s1. The van der Waals surface area contributed by atoms with Crippen LogP contribution >= 0.6 is 11.3 Å². The predicted molar refractivity (Wildman–Crippen MR) is 165 cm³/mol. The van der Waals surface area contributed by atoms with Crippen LogP contribution in [0.3, 0.4) is 0 Å². The molecule has 5 rings (SSSR count). The molecule has 1 aliphatic heterocycles. The van der Waals surface area contributed by atoms with Crippen molar-refractivity contribution >= 4 is 29.0 Å². The number of nitrogens with zero attached hydrogens (tertiary/aromatic N) is 2. The van der Waals surface area contributed by atoms with Gasteiger partial charge >= 0.3 is 0 Å². The number of allylic oxidation sites excluding steroid dienone is 1. The lowest BCUT2D eigenvalue weighted by atomic mass is 9.95. The van der Waals surface area contributed by atoms with Gasteiger partial charge < -0.3 is 19.5 Å². The minimum Gasteiger partial charge on any atom is -0.497 e. The molecule has 1 amide bonds. The highest BCUT2D eigenvalue weighted by atomic mass is 32.1. The van der Waals surface area contributed by atoms with Gasteiger partial charge in [-0.2, -0.15) is 0 Å². The number of fused-ring (bicyclic) bond motifs is 1. The summed E-state index contributed by atoms with van der Waals surface area (Å²) in [7, 11) is 1.58. The van der Waals surface area contributed by atoms with Gasteiger partial charge in [0.25, 0.3) is 11.5 Å². The second kappa shape index (κ2) is 12.7. The van der Waals surface area contributed by atoms with Gasteiger partial charge in [-0.05, 0) is 67.4 Å². The van der Waals surface area contributed by atoms with Gasteiger partial charge in [0.2, 0.25) is 0 Å². The summed E-state index contributed by atoms with van der Waals surface area (Å²) in [4.78, 5) is 33.0. The second-order valence-corrected chi connectivity index (χ2v) is 10.4. The number of amides is 1. The van der Waals surface area contributed by atoms with Crippen molar-refractivity contribution in [3.63, 3.8) is 0 Å². The summed E-state index contributed by atoms with van der Waals surface area (Å²) in [6.45, 7) is 8.19. The molecule has 9 heteroatoms. The van der Waals surface area contributed by atoms with Crippen molar-refractivity contribution in [3.05, 3.63) is 128 Å². The predicted octanol–water partition coefficient (Wildman–Crippen LogP) is 4.85.